The molecule has 7 heteroatoms. The lowest BCUT2D eigenvalue weighted by Gasteiger charge is -2.10. The molecule has 0 atom stereocenters. The smallest absolute Gasteiger partial charge is 0.186 e. The van der Waals surface area contributed by atoms with Crippen molar-refractivity contribution in [3.63, 3.8) is 0 Å². The van der Waals surface area contributed by atoms with Crippen LogP contribution in [-0.2, 0) is 0 Å². The molecule has 4 nitrogen and oxygen atoms in total. The van der Waals surface area contributed by atoms with E-state index in [1.807, 2.05) is 31.4 Å². The highest BCUT2D eigenvalue weighted by molar-refractivity contribution is 7.80. The Morgan fingerprint density at radius 1 is 1.39 bits per heavy atom. The molecule has 0 saturated carbocycles. The number of hydrogen-bond acceptors (Lipinski definition) is 2. The molecule has 2 rings (SSSR count). The van der Waals surface area contributed by atoms with Crippen molar-refractivity contribution >= 4 is 35.1 Å². The molecule has 122 valence electrons. The summed E-state index contributed by atoms with van der Waals surface area (Å²) in [6.45, 7) is 6.63. The molecule has 0 aliphatic carbocycles. The molecular weight excluding hydrogens is 335 g/mol. The predicted molar refractivity (Wildman–Crippen MR) is 97.2 cm³/mol. The summed E-state index contributed by atoms with van der Waals surface area (Å²) in [5.74, 6) is -0.430. The van der Waals surface area contributed by atoms with E-state index in [0.29, 0.717) is 5.11 Å². The number of benzene rings is 1. The van der Waals surface area contributed by atoms with E-state index in [1.54, 1.807) is 18.3 Å². The molecule has 23 heavy (non-hydrogen) atoms. The molecule has 0 amide bonds. The fourth-order valence-electron chi connectivity index (χ4n) is 2.30. The lowest BCUT2D eigenvalue weighted by atomic mass is 10.2. The fraction of sp³-hybridized carbons (Fsp3) is 0.250. The second-order valence-electron chi connectivity index (χ2n) is 4.99. The second kappa shape index (κ2) is 7.57. The van der Waals surface area contributed by atoms with Crippen LogP contribution in [0.15, 0.2) is 29.4 Å². The van der Waals surface area contributed by atoms with Crippen molar-refractivity contribution in [2.45, 2.75) is 20.8 Å². The summed E-state index contributed by atoms with van der Waals surface area (Å²) in [4.78, 5) is 0. The monoisotopic (exact) mass is 352 g/mol. The molecule has 0 fully saturated rings. The largest absolute Gasteiger partial charge is 0.362 e. The SMILES string of the molecule is CCNC(=S)N/N=C\c1cc(C)n(-c2ccc(F)c(Cl)c2)c1C. The highest BCUT2D eigenvalue weighted by Crippen LogP contribution is 2.23. The van der Waals surface area contributed by atoms with Crippen molar-refractivity contribution in [3.8, 4) is 5.69 Å². The van der Waals surface area contributed by atoms with Gasteiger partial charge in [0.05, 0.1) is 11.2 Å². The summed E-state index contributed by atoms with van der Waals surface area (Å²) in [5, 5.41) is 7.65. The first-order chi connectivity index (χ1) is 10.9. The van der Waals surface area contributed by atoms with Gasteiger partial charge in [-0.3, -0.25) is 5.43 Å². The minimum absolute atomic E-state index is 0.0999. The van der Waals surface area contributed by atoms with E-state index in [0.717, 1.165) is 29.2 Å². The van der Waals surface area contributed by atoms with Crippen LogP contribution in [-0.4, -0.2) is 22.4 Å². The summed E-state index contributed by atoms with van der Waals surface area (Å²) in [5.41, 5.74) is 6.48. The van der Waals surface area contributed by atoms with Crippen molar-refractivity contribution in [1.82, 2.24) is 15.3 Å². The predicted octanol–water partition coefficient (Wildman–Crippen LogP) is 3.70. The zero-order valence-electron chi connectivity index (χ0n) is 13.2. The maximum absolute atomic E-state index is 13.3. The van der Waals surface area contributed by atoms with Crippen LogP contribution in [0.4, 0.5) is 4.39 Å². The Labute approximate surface area is 145 Å². The van der Waals surface area contributed by atoms with Gasteiger partial charge in [0.25, 0.3) is 0 Å². The number of aromatic nitrogens is 1. The van der Waals surface area contributed by atoms with Gasteiger partial charge in [-0.05, 0) is 57.3 Å². The van der Waals surface area contributed by atoms with Gasteiger partial charge in [-0.25, -0.2) is 4.39 Å². The van der Waals surface area contributed by atoms with Gasteiger partial charge < -0.3 is 9.88 Å². The zero-order valence-corrected chi connectivity index (χ0v) is 14.7. The van der Waals surface area contributed by atoms with Gasteiger partial charge in [0.1, 0.15) is 5.82 Å². The van der Waals surface area contributed by atoms with Crippen molar-refractivity contribution in [3.05, 3.63) is 52.1 Å². The Morgan fingerprint density at radius 2 is 2.13 bits per heavy atom. The molecule has 0 aliphatic rings. The van der Waals surface area contributed by atoms with Crippen molar-refractivity contribution in [1.29, 1.82) is 0 Å². The standard InChI is InChI=1S/C16H18ClFN4S/c1-4-19-16(23)21-20-9-12-7-10(2)22(11(12)3)13-5-6-15(18)14(17)8-13/h5-9H,4H2,1-3H3,(H2,19,21,23)/b20-9-. The van der Waals surface area contributed by atoms with E-state index < -0.39 is 5.82 Å². The van der Waals surface area contributed by atoms with Crippen LogP contribution in [0.2, 0.25) is 5.02 Å². The normalized spacial score (nSPS) is 11.0. The summed E-state index contributed by atoms with van der Waals surface area (Å²) in [6, 6.07) is 6.66. The lowest BCUT2D eigenvalue weighted by molar-refractivity contribution is 0.627. The molecule has 1 heterocycles. The molecule has 0 saturated heterocycles. The third kappa shape index (κ3) is 4.09. The third-order valence-electron chi connectivity index (χ3n) is 3.34. The highest BCUT2D eigenvalue weighted by atomic mass is 35.5. The first-order valence-corrected chi connectivity index (χ1v) is 7.94. The number of hydrazone groups is 1. The van der Waals surface area contributed by atoms with Gasteiger partial charge in [-0.2, -0.15) is 5.10 Å². The molecule has 0 bridgehead atoms. The third-order valence-corrected chi connectivity index (χ3v) is 3.86. The number of hydrogen-bond donors (Lipinski definition) is 2. The zero-order chi connectivity index (χ0) is 17.0. The van der Waals surface area contributed by atoms with Crippen molar-refractivity contribution in [2.24, 2.45) is 5.10 Å². The lowest BCUT2D eigenvalue weighted by Crippen LogP contribution is -2.31. The van der Waals surface area contributed by atoms with Crippen LogP contribution in [0, 0.1) is 19.7 Å². The minimum Gasteiger partial charge on any atom is -0.362 e. The molecular formula is C16H18ClFN4S. The summed E-state index contributed by atoms with van der Waals surface area (Å²) in [7, 11) is 0. The Kier molecular flexibility index (Phi) is 5.74. The Balaban J connectivity index is 2.27. The number of nitrogens with one attached hydrogen (secondary N) is 2. The van der Waals surface area contributed by atoms with Gasteiger partial charge in [0.15, 0.2) is 5.11 Å². The maximum Gasteiger partial charge on any atom is 0.186 e. The molecule has 0 radical (unpaired) electrons. The van der Waals surface area contributed by atoms with Gasteiger partial charge in [-0.15, -0.1) is 0 Å². The van der Waals surface area contributed by atoms with E-state index in [9.17, 15) is 4.39 Å². The van der Waals surface area contributed by atoms with Gasteiger partial charge in [-0.1, -0.05) is 11.6 Å². The summed E-state index contributed by atoms with van der Waals surface area (Å²) >= 11 is 10.9. The van der Waals surface area contributed by atoms with E-state index in [4.69, 9.17) is 23.8 Å². The van der Waals surface area contributed by atoms with Gasteiger partial charge in [0.2, 0.25) is 0 Å². The van der Waals surface area contributed by atoms with E-state index in [2.05, 4.69) is 15.8 Å². The number of thiocarbonyl (C=S) groups is 1. The molecule has 0 unspecified atom stereocenters. The first-order valence-electron chi connectivity index (χ1n) is 7.15. The second-order valence-corrected chi connectivity index (χ2v) is 5.81. The summed E-state index contributed by atoms with van der Waals surface area (Å²) in [6.07, 6.45) is 1.70. The van der Waals surface area contributed by atoms with Crippen molar-refractivity contribution < 1.29 is 4.39 Å². The van der Waals surface area contributed by atoms with Crippen LogP contribution in [0.25, 0.3) is 5.69 Å². The molecule has 1 aromatic heterocycles. The number of aryl methyl sites for hydroxylation is 1. The minimum atomic E-state index is -0.430. The van der Waals surface area contributed by atoms with E-state index in [-0.39, 0.29) is 5.02 Å². The Hall–Kier alpha value is -1.92. The van der Waals surface area contributed by atoms with E-state index in [1.165, 1.54) is 6.07 Å². The average molecular weight is 353 g/mol. The van der Waals surface area contributed by atoms with Crippen molar-refractivity contribution in [2.75, 3.05) is 6.54 Å². The molecule has 2 aromatic rings. The maximum atomic E-state index is 13.3. The van der Waals surface area contributed by atoms with E-state index >= 15 is 0 Å². The molecule has 1 aromatic carbocycles. The molecule has 0 spiro atoms. The van der Waals surface area contributed by atoms with Crippen LogP contribution >= 0.6 is 23.8 Å². The van der Waals surface area contributed by atoms with Gasteiger partial charge in [0, 0.05) is 29.2 Å². The topological polar surface area (TPSA) is 41.4 Å². The van der Waals surface area contributed by atoms with Crippen LogP contribution in [0.1, 0.15) is 23.9 Å². The number of nitrogens with zero attached hydrogens (tertiary/aromatic N) is 2. The molecule has 0 aliphatic heterocycles. The van der Waals surface area contributed by atoms with Crippen LogP contribution < -0.4 is 10.7 Å². The highest BCUT2D eigenvalue weighted by Gasteiger charge is 2.11. The first kappa shape index (κ1) is 17.4. The van der Waals surface area contributed by atoms with Gasteiger partial charge >= 0.3 is 0 Å². The molecule has 2 N–H and O–H groups in total. The number of rotatable bonds is 4. The quantitative estimate of drug-likeness (QED) is 0.501. The fourth-order valence-corrected chi connectivity index (χ4v) is 2.67. The number of halogens is 2. The Bertz CT molecular complexity index is 755. The average Bonchev–Trinajstić information content (AvgIpc) is 2.77. The van der Waals surface area contributed by atoms with Crippen LogP contribution in [0.5, 0.6) is 0 Å². The summed E-state index contributed by atoms with van der Waals surface area (Å²) < 4.78 is 15.3. The van der Waals surface area contributed by atoms with Crippen LogP contribution in [0.3, 0.4) is 0 Å². The Morgan fingerprint density at radius 3 is 2.78 bits per heavy atom.